The van der Waals surface area contributed by atoms with Gasteiger partial charge in [-0.05, 0) is 30.3 Å². The molecule has 0 radical (unpaired) electrons. The maximum absolute atomic E-state index is 12.6. The Morgan fingerprint density at radius 3 is 2.48 bits per heavy atom. The van der Waals surface area contributed by atoms with Crippen LogP contribution in [0.3, 0.4) is 0 Å². The molecule has 0 atom stereocenters. The molecule has 2 aromatic heterocycles. The number of carbonyl (C=O) groups is 1. The minimum absolute atomic E-state index is 0.117. The number of rotatable bonds is 4. The lowest BCUT2D eigenvalue weighted by Crippen LogP contribution is -2.31. The van der Waals surface area contributed by atoms with E-state index in [9.17, 15) is 18.0 Å². The van der Waals surface area contributed by atoms with Crippen molar-refractivity contribution in [2.75, 3.05) is 5.43 Å². The molecule has 3 rings (SSSR count). The van der Waals surface area contributed by atoms with E-state index in [1.54, 1.807) is 47.2 Å². The molecule has 1 amide bonds. The van der Waals surface area contributed by atoms with Gasteiger partial charge in [0.15, 0.2) is 5.82 Å². The van der Waals surface area contributed by atoms with E-state index < -0.39 is 17.6 Å². The van der Waals surface area contributed by atoms with E-state index in [1.807, 2.05) is 0 Å². The van der Waals surface area contributed by atoms with Crippen LogP contribution in [-0.4, -0.2) is 15.5 Å². The summed E-state index contributed by atoms with van der Waals surface area (Å²) in [4.78, 5) is 16.0. The zero-order valence-electron chi connectivity index (χ0n) is 13.4. The molecule has 27 heavy (non-hydrogen) atoms. The van der Waals surface area contributed by atoms with Crippen LogP contribution in [0.2, 0.25) is 10.0 Å². The first-order valence-electron chi connectivity index (χ1n) is 7.48. The average Bonchev–Trinajstić information content (AvgIpc) is 3.09. The summed E-state index contributed by atoms with van der Waals surface area (Å²) in [6.07, 6.45) is -2.29. The van der Waals surface area contributed by atoms with E-state index in [2.05, 4.69) is 15.8 Å². The van der Waals surface area contributed by atoms with Gasteiger partial charge in [0.2, 0.25) is 0 Å². The third-order valence-corrected chi connectivity index (χ3v) is 4.16. The lowest BCUT2D eigenvalue weighted by Gasteiger charge is -2.13. The molecule has 2 heterocycles. The van der Waals surface area contributed by atoms with E-state index >= 15 is 0 Å². The van der Waals surface area contributed by atoms with E-state index in [0.717, 1.165) is 6.07 Å². The molecule has 10 heteroatoms. The van der Waals surface area contributed by atoms with Crippen LogP contribution in [0.5, 0.6) is 0 Å². The van der Waals surface area contributed by atoms with Crippen LogP contribution in [0.15, 0.2) is 54.9 Å². The number of alkyl halides is 3. The minimum atomic E-state index is -4.56. The predicted molar refractivity (Wildman–Crippen MR) is 96.1 cm³/mol. The molecule has 2 N–H and O–H groups in total. The van der Waals surface area contributed by atoms with Gasteiger partial charge in [-0.15, -0.1) is 0 Å². The van der Waals surface area contributed by atoms with Gasteiger partial charge < -0.3 is 4.57 Å². The molecule has 0 spiro atoms. The number of benzene rings is 1. The molecule has 5 nitrogen and oxygen atoms in total. The Morgan fingerprint density at radius 1 is 1.07 bits per heavy atom. The Bertz CT molecular complexity index is 988. The first kappa shape index (κ1) is 19.1. The molecule has 0 saturated heterocycles. The van der Waals surface area contributed by atoms with Crippen molar-refractivity contribution in [3.8, 4) is 5.69 Å². The third-order valence-electron chi connectivity index (χ3n) is 3.56. The largest absolute Gasteiger partial charge is 0.417 e. The summed E-state index contributed by atoms with van der Waals surface area (Å²) in [6.45, 7) is 0. The maximum Gasteiger partial charge on any atom is 0.417 e. The lowest BCUT2D eigenvalue weighted by molar-refractivity contribution is -0.137. The highest BCUT2D eigenvalue weighted by atomic mass is 35.5. The molecular formula is C17H11Cl2F3N4O. The summed E-state index contributed by atoms with van der Waals surface area (Å²) in [5.74, 6) is -0.674. The van der Waals surface area contributed by atoms with Crippen LogP contribution in [0.25, 0.3) is 5.69 Å². The van der Waals surface area contributed by atoms with Crippen molar-refractivity contribution in [1.29, 1.82) is 0 Å². The summed E-state index contributed by atoms with van der Waals surface area (Å²) in [7, 11) is 0. The molecule has 140 valence electrons. The molecular weight excluding hydrogens is 404 g/mol. The number of hydrazine groups is 1. The van der Waals surface area contributed by atoms with Gasteiger partial charge in [-0.1, -0.05) is 35.3 Å². The van der Waals surface area contributed by atoms with Gasteiger partial charge in [0.25, 0.3) is 5.91 Å². The van der Waals surface area contributed by atoms with Gasteiger partial charge in [0, 0.05) is 12.4 Å². The Kier molecular flexibility index (Phi) is 5.29. The standard InChI is InChI=1S/C17H11Cl2F3N4O/c18-11-4-1-2-5-13(11)26-7-3-6-14(26)16(27)25-24-15-12(19)8-10(9-23-15)17(20,21)22/h1-9H,(H,23,24)(H,25,27). The molecule has 0 aliphatic rings. The quantitative estimate of drug-likeness (QED) is 0.593. The second-order valence-corrected chi connectivity index (χ2v) is 6.16. The third kappa shape index (κ3) is 4.17. The number of hydrogen-bond donors (Lipinski definition) is 2. The Hall–Kier alpha value is -2.71. The van der Waals surface area contributed by atoms with E-state index in [0.29, 0.717) is 16.9 Å². The summed E-state index contributed by atoms with van der Waals surface area (Å²) in [5, 5.41) is 0.162. The van der Waals surface area contributed by atoms with Crippen LogP contribution >= 0.6 is 23.2 Å². The fourth-order valence-corrected chi connectivity index (χ4v) is 2.73. The van der Waals surface area contributed by atoms with Gasteiger partial charge in [-0.25, -0.2) is 4.98 Å². The average molecular weight is 415 g/mol. The monoisotopic (exact) mass is 414 g/mol. The Labute approximate surface area is 161 Å². The first-order valence-corrected chi connectivity index (χ1v) is 8.24. The molecule has 0 aliphatic heterocycles. The molecule has 0 fully saturated rings. The summed E-state index contributed by atoms with van der Waals surface area (Å²) < 4.78 is 39.5. The fraction of sp³-hybridized carbons (Fsp3) is 0.0588. The van der Waals surface area contributed by atoms with E-state index in [-0.39, 0.29) is 16.5 Å². The van der Waals surface area contributed by atoms with E-state index in [1.165, 1.54) is 0 Å². The maximum atomic E-state index is 12.6. The van der Waals surface area contributed by atoms with E-state index in [4.69, 9.17) is 23.2 Å². The highest BCUT2D eigenvalue weighted by Gasteiger charge is 2.31. The highest BCUT2D eigenvalue weighted by molar-refractivity contribution is 6.33. The Morgan fingerprint density at radius 2 is 1.81 bits per heavy atom. The zero-order chi connectivity index (χ0) is 19.6. The molecule has 1 aromatic carbocycles. The second kappa shape index (κ2) is 7.50. The number of amides is 1. The molecule has 0 aliphatic carbocycles. The summed E-state index contributed by atoms with van der Waals surface area (Å²) in [6, 6.07) is 10.9. The van der Waals surface area contributed by atoms with Gasteiger partial charge in [-0.2, -0.15) is 13.2 Å². The van der Waals surface area contributed by atoms with Crippen LogP contribution in [-0.2, 0) is 6.18 Å². The smallest absolute Gasteiger partial charge is 0.311 e. The van der Waals surface area contributed by atoms with Gasteiger partial charge >= 0.3 is 6.18 Å². The number of para-hydroxylation sites is 1. The number of pyridine rings is 1. The van der Waals surface area contributed by atoms with Crippen molar-refractivity contribution in [3.63, 3.8) is 0 Å². The topological polar surface area (TPSA) is 59.0 Å². The van der Waals surface area contributed by atoms with Crippen molar-refractivity contribution in [2.24, 2.45) is 0 Å². The molecule has 0 bridgehead atoms. The Balaban J connectivity index is 1.77. The van der Waals surface area contributed by atoms with Crippen molar-refractivity contribution < 1.29 is 18.0 Å². The highest BCUT2D eigenvalue weighted by Crippen LogP contribution is 2.32. The van der Waals surface area contributed by atoms with Crippen LogP contribution in [0, 0.1) is 0 Å². The van der Waals surface area contributed by atoms with Crippen LogP contribution in [0.4, 0.5) is 19.0 Å². The van der Waals surface area contributed by atoms with Crippen LogP contribution in [0.1, 0.15) is 16.1 Å². The normalized spacial score (nSPS) is 11.3. The van der Waals surface area contributed by atoms with Crippen molar-refractivity contribution in [2.45, 2.75) is 6.18 Å². The van der Waals surface area contributed by atoms with Gasteiger partial charge in [0.05, 0.1) is 21.3 Å². The number of nitrogens with zero attached hydrogens (tertiary/aromatic N) is 2. The minimum Gasteiger partial charge on any atom is -0.311 e. The molecule has 0 unspecified atom stereocenters. The van der Waals surface area contributed by atoms with Gasteiger partial charge in [-0.3, -0.25) is 15.6 Å². The van der Waals surface area contributed by atoms with Crippen molar-refractivity contribution in [1.82, 2.24) is 15.0 Å². The molecule has 3 aromatic rings. The lowest BCUT2D eigenvalue weighted by atomic mass is 10.3. The van der Waals surface area contributed by atoms with Gasteiger partial charge in [0.1, 0.15) is 5.69 Å². The predicted octanol–water partition coefficient (Wildman–Crippen LogP) is 4.95. The number of nitrogens with one attached hydrogen (secondary N) is 2. The summed E-state index contributed by atoms with van der Waals surface area (Å²) >= 11 is 11.9. The summed E-state index contributed by atoms with van der Waals surface area (Å²) in [5.41, 5.74) is 4.62. The number of hydrogen-bond acceptors (Lipinski definition) is 3. The number of carbonyl (C=O) groups excluding carboxylic acids is 1. The zero-order valence-corrected chi connectivity index (χ0v) is 14.9. The first-order chi connectivity index (χ1) is 12.8. The fourth-order valence-electron chi connectivity index (χ4n) is 2.29. The van der Waals surface area contributed by atoms with Crippen molar-refractivity contribution in [3.05, 3.63) is 76.2 Å². The second-order valence-electron chi connectivity index (χ2n) is 5.35. The SMILES string of the molecule is O=C(NNc1ncc(C(F)(F)F)cc1Cl)c1cccn1-c1ccccc1Cl. The number of anilines is 1. The van der Waals surface area contributed by atoms with Crippen molar-refractivity contribution >= 4 is 34.9 Å². The van der Waals surface area contributed by atoms with Crippen LogP contribution < -0.4 is 10.9 Å². The number of aromatic nitrogens is 2. The molecule has 0 saturated carbocycles. The number of halogens is 5.